The van der Waals surface area contributed by atoms with Gasteiger partial charge in [-0.1, -0.05) is 55.3 Å². The smallest absolute Gasteiger partial charge is 0.347 e. The molecule has 1 saturated heterocycles. The minimum absolute atomic E-state index is 0.105. The molecule has 0 bridgehead atoms. The van der Waals surface area contributed by atoms with Gasteiger partial charge in [0.25, 0.3) is 0 Å². The molecule has 4 rings (SSSR count). The average Bonchev–Trinajstić information content (AvgIpc) is 3.78. The molecule has 0 unspecified atom stereocenters. The number of likely N-dealkylation sites (N-methyl/N-ethyl adjacent to an activating group) is 1. The third kappa shape index (κ3) is 8.05. The predicted octanol–water partition coefficient (Wildman–Crippen LogP) is 3.57. The van der Waals surface area contributed by atoms with Crippen molar-refractivity contribution >= 4 is 23.5 Å². The molecule has 1 saturated carbocycles. The summed E-state index contributed by atoms with van der Waals surface area (Å²) in [7, 11) is 1.62. The molecule has 0 spiro atoms. The number of morpholine rings is 1. The number of nitrogens with zero attached hydrogens (tertiary/aromatic N) is 2. The van der Waals surface area contributed by atoms with Crippen molar-refractivity contribution in [3.8, 4) is 0 Å². The van der Waals surface area contributed by atoms with Crippen LogP contribution in [0.3, 0.4) is 0 Å². The van der Waals surface area contributed by atoms with E-state index in [-0.39, 0.29) is 12.5 Å². The van der Waals surface area contributed by atoms with Crippen molar-refractivity contribution in [2.24, 2.45) is 5.92 Å². The summed E-state index contributed by atoms with van der Waals surface area (Å²) >= 11 is 0. The van der Waals surface area contributed by atoms with Crippen molar-refractivity contribution in [2.75, 3.05) is 38.3 Å². The van der Waals surface area contributed by atoms with Gasteiger partial charge in [-0.25, -0.2) is 9.59 Å². The quantitative estimate of drug-likeness (QED) is 0.395. The van der Waals surface area contributed by atoms with Gasteiger partial charge < -0.3 is 24.0 Å². The number of ether oxygens (including phenoxy) is 3. The van der Waals surface area contributed by atoms with E-state index in [0.717, 1.165) is 56.0 Å². The molecular weight excluding hydrogens is 484 g/mol. The number of rotatable bonds is 12. The third-order valence-electron chi connectivity index (χ3n) is 7.01. The monoisotopic (exact) mass is 521 g/mol. The Bertz CT molecular complexity index is 1060. The van der Waals surface area contributed by atoms with Gasteiger partial charge in [0.05, 0.1) is 19.6 Å². The van der Waals surface area contributed by atoms with E-state index in [1.165, 1.54) is 11.8 Å². The Labute approximate surface area is 224 Å². The molecule has 38 heavy (non-hydrogen) atoms. The largest absolute Gasteiger partial charge is 0.458 e. The van der Waals surface area contributed by atoms with Crippen molar-refractivity contribution < 1.29 is 28.6 Å². The number of carbonyl (C=O) groups excluding carboxylic acids is 3. The first kappa shape index (κ1) is 27.6. The van der Waals surface area contributed by atoms with E-state index in [0.29, 0.717) is 18.8 Å². The van der Waals surface area contributed by atoms with E-state index < -0.39 is 24.1 Å². The van der Waals surface area contributed by atoms with Gasteiger partial charge in [0, 0.05) is 25.8 Å². The topological polar surface area (TPSA) is 85.4 Å². The Morgan fingerprint density at radius 2 is 1.68 bits per heavy atom. The van der Waals surface area contributed by atoms with Crippen LogP contribution in [0.2, 0.25) is 0 Å². The molecular formula is C30H37N2O6. The molecule has 8 heteroatoms. The zero-order valence-electron chi connectivity index (χ0n) is 22.2. The number of carbonyl (C=O) groups is 3. The van der Waals surface area contributed by atoms with Crippen LogP contribution < -0.4 is 4.90 Å². The molecule has 8 nitrogen and oxygen atoms in total. The molecule has 2 aromatic carbocycles. The van der Waals surface area contributed by atoms with Crippen LogP contribution in [-0.4, -0.2) is 68.2 Å². The van der Waals surface area contributed by atoms with Gasteiger partial charge in [-0.15, -0.1) is 0 Å². The maximum atomic E-state index is 13.1. The average molecular weight is 522 g/mol. The van der Waals surface area contributed by atoms with Gasteiger partial charge >= 0.3 is 11.9 Å². The molecule has 0 N–H and O–H groups in total. The summed E-state index contributed by atoms with van der Waals surface area (Å²) < 4.78 is 16.2. The summed E-state index contributed by atoms with van der Waals surface area (Å²) in [5, 5.41) is 0. The number of hydrogen-bond acceptors (Lipinski definition) is 7. The Kier molecular flexibility index (Phi) is 9.76. The van der Waals surface area contributed by atoms with Gasteiger partial charge in [-0.05, 0) is 48.9 Å². The highest BCUT2D eigenvalue weighted by Gasteiger charge is 2.36. The van der Waals surface area contributed by atoms with E-state index in [9.17, 15) is 14.4 Å². The van der Waals surface area contributed by atoms with Crippen LogP contribution in [0.5, 0.6) is 0 Å². The second kappa shape index (κ2) is 13.4. The zero-order chi connectivity index (χ0) is 26.9. The first-order chi connectivity index (χ1) is 18.4. The Balaban J connectivity index is 1.27. The minimum Gasteiger partial charge on any atom is -0.458 e. The molecule has 1 amide bonds. The van der Waals surface area contributed by atoms with Gasteiger partial charge in [-0.3, -0.25) is 4.79 Å². The third-order valence-corrected chi connectivity index (χ3v) is 7.01. The number of amides is 1. The molecule has 203 valence electrons. The highest BCUT2D eigenvalue weighted by Crippen LogP contribution is 2.35. The highest BCUT2D eigenvalue weighted by molar-refractivity contribution is 5.90. The SMILES string of the molecule is C[C@@H](OC(=O)[C@H](CC1CC1)N(C)C(=O)[CH]Cc1ccc(N2CCOCC2)cc1)C(=O)OCc1ccccc1. The maximum Gasteiger partial charge on any atom is 0.347 e. The van der Waals surface area contributed by atoms with Crippen molar-refractivity contribution in [1.82, 2.24) is 4.90 Å². The lowest BCUT2D eigenvalue weighted by Gasteiger charge is -2.29. The summed E-state index contributed by atoms with van der Waals surface area (Å²) in [4.78, 5) is 42.2. The van der Waals surface area contributed by atoms with Gasteiger partial charge in [0.15, 0.2) is 6.10 Å². The molecule has 1 heterocycles. The Hall–Kier alpha value is -3.39. The molecule has 2 atom stereocenters. The molecule has 2 aliphatic rings. The standard InChI is InChI=1S/C30H37N2O6/c1-22(29(34)37-21-25-6-4-3-5-7-25)38-30(35)27(20-24-8-9-24)31(2)28(33)15-12-23-10-13-26(14-11-23)32-16-18-36-19-17-32/h3-7,10-11,13-15,22,24,27H,8-9,12,16-21H2,1-2H3/t22-,27+/m1/s1. The molecule has 1 radical (unpaired) electrons. The summed E-state index contributed by atoms with van der Waals surface area (Å²) in [6, 6.07) is 16.7. The van der Waals surface area contributed by atoms with E-state index in [4.69, 9.17) is 14.2 Å². The van der Waals surface area contributed by atoms with Crippen molar-refractivity contribution in [3.63, 3.8) is 0 Å². The zero-order valence-corrected chi connectivity index (χ0v) is 22.2. The van der Waals surface area contributed by atoms with Gasteiger partial charge in [0.2, 0.25) is 5.91 Å². The van der Waals surface area contributed by atoms with Crippen LogP contribution in [0.1, 0.15) is 37.3 Å². The van der Waals surface area contributed by atoms with E-state index in [2.05, 4.69) is 17.0 Å². The molecule has 1 aliphatic carbocycles. The fourth-order valence-electron chi connectivity index (χ4n) is 4.40. The van der Waals surface area contributed by atoms with Crippen molar-refractivity contribution in [1.29, 1.82) is 0 Å². The second-order valence-corrected chi connectivity index (χ2v) is 9.99. The van der Waals surface area contributed by atoms with Crippen LogP contribution in [0.15, 0.2) is 54.6 Å². The number of benzene rings is 2. The molecule has 2 aromatic rings. The van der Waals surface area contributed by atoms with Crippen LogP contribution >= 0.6 is 0 Å². The van der Waals surface area contributed by atoms with Gasteiger partial charge in [-0.2, -0.15) is 0 Å². The fourth-order valence-corrected chi connectivity index (χ4v) is 4.40. The summed E-state index contributed by atoms with van der Waals surface area (Å²) in [6.45, 7) is 4.80. The Morgan fingerprint density at radius 1 is 1.00 bits per heavy atom. The molecule has 1 aliphatic heterocycles. The van der Waals surface area contributed by atoms with Crippen molar-refractivity contribution in [2.45, 2.75) is 51.4 Å². The van der Waals surface area contributed by atoms with Crippen molar-refractivity contribution in [3.05, 3.63) is 72.1 Å². The lowest BCUT2D eigenvalue weighted by molar-refractivity contribution is -0.171. The summed E-state index contributed by atoms with van der Waals surface area (Å²) in [5.74, 6) is -1.06. The molecule has 2 fully saturated rings. The number of anilines is 1. The summed E-state index contributed by atoms with van der Waals surface area (Å²) in [5.41, 5.74) is 3.01. The van der Waals surface area contributed by atoms with E-state index in [1.807, 2.05) is 42.5 Å². The summed E-state index contributed by atoms with van der Waals surface area (Å²) in [6.07, 6.45) is 3.56. The van der Waals surface area contributed by atoms with Crippen LogP contribution in [0, 0.1) is 12.3 Å². The second-order valence-electron chi connectivity index (χ2n) is 9.99. The van der Waals surface area contributed by atoms with Crippen LogP contribution in [-0.2, 0) is 41.6 Å². The van der Waals surface area contributed by atoms with E-state index in [1.54, 1.807) is 13.5 Å². The van der Waals surface area contributed by atoms with Gasteiger partial charge in [0.1, 0.15) is 12.6 Å². The first-order valence-electron chi connectivity index (χ1n) is 13.3. The molecule has 0 aromatic heterocycles. The van der Waals surface area contributed by atoms with Crippen LogP contribution in [0.4, 0.5) is 5.69 Å². The highest BCUT2D eigenvalue weighted by atomic mass is 16.6. The normalized spacial score (nSPS) is 16.8. The van der Waals surface area contributed by atoms with Crippen LogP contribution in [0.25, 0.3) is 0 Å². The number of hydrogen-bond donors (Lipinski definition) is 0. The minimum atomic E-state index is -1.06. The Morgan fingerprint density at radius 3 is 2.34 bits per heavy atom. The van der Waals surface area contributed by atoms with E-state index >= 15 is 0 Å². The maximum absolute atomic E-state index is 13.1. The number of esters is 2. The lowest BCUT2D eigenvalue weighted by atomic mass is 10.1. The predicted molar refractivity (Wildman–Crippen MR) is 143 cm³/mol. The first-order valence-corrected chi connectivity index (χ1v) is 13.3. The fraction of sp³-hybridized carbons (Fsp3) is 0.467. The lowest BCUT2D eigenvalue weighted by Crippen LogP contribution is -2.45.